The van der Waals surface area contributed by atoms with Gasteiger partial charge in [-0.2, -0.15) is 0 Å². The molecule has 0 atom stereocenters. The van der Waals surface area contributed by atoms with Gasteiger partial charge in [-0.15, -0.1) is 0 Å². The number of thiazole rings is 1. The number of methoxy groups -OCH3 is 2. The van der Waals surface area contributed by atoms with Crippen molar-refractivity contribution in [3.05, 3.63) is 48.0 Å². The number of quaternary nitrogens is 1. The Hall–Kier alpha value is -2.64. The zero-order chi connectivity index (χ0) is 19.4. The molecule has 0 saturated carbocycles. The van der Waals surface area contributed by atoms with Gasteiger partial charge in [0.2, 0.25) is 0 Å². The van der Waals surface area contributed by atoms with Crippen molar-refractivity contribution in [3.8, 4) is 11.5 Å². The van der Waals surface area contributed by atoms with Gasteiger partial charge in [0.05, 0.1) is 51.6 Å². The van der Waals surface area contributed by atoms with Crippen molar-refractivity contribution in [2.45, 2.75) is 0 Å². The highest BCUT2D eigenvalue weighted by Crippen LogP contribution is 2.31. The molecule has 142 valence electrons. The zero-order valence-corrected chi connectivity index (χ0v) is 16.8. The monoisotopic (exact) mass is 386 g/mol. The maximum absolute atomic E-state index is 13.3. The van der Waals surface area contributed by atoms with Gasteiger partial charge in [0, 0.05) is 5.56 Å². The Balaban J connectivity index is 1.98. The van der Waals surface area contributed by atoms with Gasteiger partial charge in [-0.05, 0) is 30.3 Å². The number of rotatable bonds is 7. The fourth-order valence-corrected chi connectivity index (χ4v) is 3.71. The van der Waals surface area contributed by atoms with Crippen molar-refractivity contribution >= 4 is 32.6 Å². The van der Waals surface area contributed by atoms with E-state index in [2.05, 4.69) is 19.1 Å². The Morgan fingerprint density at radius 2 is 1.85 bits per heavy atom. The molecule has 0 aliphatic heterocycles. The summed E-state index contributed by atoms with van der Waals surface area (Å²) in [6, 6.07) is 13.1. The van der Waals surface area contributed by atoms with Gasteiger partial charge >= 0.3 is 0 Å². The molecule has 0 radical (unpaired) electrons. The predicted octanol–water partition coefficient (Wildman–Crippen LogP) is 2.10. The second-order valence-corrected chi connectivity index (χ2v) is 7.46. The largest absolute Gasteiger partial charge is 0.493 e. The molecular formula is C20H24N3O3S+. The summed E-state index contributed by atoms with van der Waals surface area (Å²) in [7, 11) is 7.27. The van der Waals surface area contributed by atoms with Crippen LogP contribution in [0.3, 0.4) is 0 Å². The van der Waals surface area contributed by atoms with Crippen LogP contribution in [0.5, 0.6) is 11.5 Å². The fourth-order valence-electron chi connectivity index (χ4n) is 2.72. The summed E-state index contributed by atoms with van der Waals surface area (Å²) in [5.74, 6) is 1.03. The lowest BCUT2D eigenvalue weighted by molar-refractivity contribution is -0.856. The molecule has 0 aliphatic carbocycles. The molecule has 6 nitrogen and oxygen atoms in total. The Morgan fingerprint density at radius 3 is 2.52 bits per heavy atom. The number of carbonyl (C=O) groups is 1. The molecular weight excluding hydrogens is 362 g/mol. The molecule has 1 N–H and O–H groups in total. The number of carbonyl (C=O) groups excluding carboxylic acids is 1. The third-order valence-electron chi connectivity index (χ3n) is 4.22. The highest BCUT2D eigenvalue weighted by atomic mass is 32.1. The third kappa shape index (κ3) is 4.20. The first-order valence-corrected chi connectivity index (χ1v) is 9.53. The SMILES string of the molecule is COc1ccc(C(=O)N(CC[NH+](C)C)c2nc3ccccc3s2)cc1OC. The van der Waals surface area contributed by atoms with E-state index in [1.54, 1.807) is 37.3 Å². The number of ether oxygens (including phenoxy) is 2. The van der Waals surface area contributed by atoms with Gasteiger partial charge in [0.15, 0.2) is 16.6 Å². The van der Waals surface area contributed by atoms with Crippen LogP contribution >= 0.6 is 11.3 Å². The van der Waals surface area contributed by atoms with Gasteiger partial charge < -0.3 is 14.4 Å². The molecule has 1 amide bonds. The summed E-state index contributed by atoms with van der Waals surface area (Å²) in [5, 5.41) is 0.706. The normalized spacial score (nSPS) is 11.0. The van der Waals surface area contributed by atoms with Gasteiger partial charge in [0.25, 0.3) is 5.91 Å². The number of para-hydroxylation sites is 1. The molecule has 2 aromatic carbocycles. The van der Waals surface area contributed by atoms with E-state index in [0.717, 1.165) is 16.8 Å². The number of amides is 1. The number of aromatic nitrogens is 1. The van der Waals surface area contributed by atoms with Gasteiger partial charge in [0.1, 0.15) is 0 Å². The quantitative estimate of drug-likeness (QED) is 0.676. The first-order valence-electron chi connectivity index (χ1n) is 8.72. The van der Waals surface area contributed by atoms with Crippen LogP contribution in [-0.2, 0) is 0 Å². The maximum atomic E-state index is 13.3. The van der Waals surface area contributed by atoms with Crippen LogP contribution in [0, 0.1) is 0 Å². The topological polar surface area (TPSA) is 56.1 Å². The van der Waals surface area contributed by atoms with Crippen molar-refractivity contribution in [2.75, 3.05) is 46.3 Å². The van der Waals surface area contributed by atoms with E-state index >= 15 is 0 Å². The summed E-state index contributed by atoms with van der Waals surface area (Å²) in [6.07, 6.45) is 0. The molecule has 1 heterocycles. The number of nitrogens with zero attached hydrogens (tertiary/aromatic N) is 2. The summed E-state index contributed by atoms with van der Waals surface area (Å²) in [5.41, 5.74) is 1.44. The van der Waals surface area contributed by atoms with Gasteiger partial charge in [-0.1, -0.05) is 23.5 Å². The molecule has 0 spiro atoms. The zero-order valence-electron chi connectivity index (χ0n) is 16.0. The van der Waals surface area contributed by atoms with Crippen LogP contribution in [-0.4, -0.2) is 52.3 Å². The Morgan fingerprint density at radius 1 is 1.11 bits per heavy atom. The number of anilines is 1. The standard InChI is InChI=1S/C20H23N3O3S/c1-22(2)11-12-23(20-21-15-7-5-6-8-18(15)27-20)19(24)14-9-10-16(25-3)17(13-14)26-4/h5-10,13H,11-12H2,1-4H3/p+1. The lowest BCUT2D eigenvalue weighted by atomic mass is 10.1. The first kappa shape index (κ1) is 19.1. The summed E-state index contributed by atoms with van der Waals surface area (Å²) < 4.78 is 11.7. The highest BCUT2D eigenvalue weighted by molar-refractivity contribution is 7.22. The molecule has 3 aromatic rings. The minimum Gasteiger partial charge on any atom is -0.493 e. The van der Waals surface area contributed by atoms with Crippen LogP contribution in [0.1, 0.15) is 10.4 Å². The van der Waals surface area contributed by atoms with E-state index < -0.39 is 0 Å². The second kappa shape index (κ2) is 8.37. The average Bonchev–Trinajstić information content (AvgIpc) is 3.10. The van der Waals surface area contributed by atoms with Crippen LogP contribution in [0.25, 0.3) is 10.2 Å². The smallest absolute Gasteiger partial charge is 0.260 e. The Kier molecular flexibility index (Phi) is 5.93. The Labute approximate surface area is 162 Å². The number of hydrogen-bond donors (Lipinski definition) is 1. The van der Waals surface area contributed by atoms with Crippen molar-refractivity contribution in [2.24, 2.45) is 0 Å². The Bertz CT molecular complexity index is 906. The lowest BCUT2D eigenvalue weighted by Crippen LogP contribution is -3.06. The summed E-state index contributed by atoms with van der Waals surface area (Å²) >= 11 is 1.53. The molecule has 0 bridgehead atoms. The van der Waals surface area contributed by atoms with Crippen LogP contribution in [0.2, 0.25) is 0 Å². The highest BCUT2D eigenvalue weighted by Gasteiger charge is 2.23. The third-order valence-corrected chi connectivity index (χ3v) is 5.28. The predicted molar refractivity (Wildman–Crippen MR) is 109 cm³/mol. The number of likely N-dealkylation sites (N-methyl/N-ethyl adjacent to an activating group) is 1. The minimum absolute atomic E-state index is 0.101. The van der Waals surface area contributed by atoms with Crippen LogP contribution in [0.4, 0.5) is 5.13 Å². The number of fused-ring (bicyclic) bond motifs is 1. The number of benzene rings is 2. The van der Waals surface area contributed by atoms with Crippen molar-refractivity contribution in [3.63, 3.8) is 0 Å². The molecule has 7 heteroatoms. The van der Waals surface area contributed by atoms with Crippen molar-refractivity contribution in [1.29, 1.82) is 0 Å². The average molecular weight is 386 g/mol. The van der Waals surface area contributed by atoms with Gasteiger partial charge in [-0.25, -0.2) is 4.98 Å². The van der Waals surface area contributed by atoms with E-state index in [4.69, 9.17) is 9.47 Å². The minimum atomic E-state index is -0.101. The van der Waals surface area contributed by atoms with Gasteiger partial charge in [-0.3, -0.25) is 9.69 Å². The molecule has 0 aliphatic rings. The van der Waals surface area contributed by atoms with Crippen molar-refractivity contribution < 1.29 is 19.2 Å². The summed E-state index contributed by atoms with van der Waals surface area (Å²) in [6.45, 7) is 1.39. The van der Waals surface area contributed by atoms with E-state index in [0.29, 0.717) is 28.7 Å². The molecule has 0 saturated heterocycles. The first-order chi connectivity index (χ1) is 13.0. The lowest BCUT2D eigenvalue weighted by Gasteiger charge is -2.21. The molecule has 3 rings (SSSR count). The number of nitrogens with one attached hydrogen (secondary N) is 1. The van der Waals surface area contributed by atoms with Crippen molar-refractivity contribution in [1.82, 2.24) is 4.98 Å². The van der Waals surface area contributed by atoms with E-state index in [1.807, 2.05) is 24.3 Å². The van der Waals surface area contributed by atoms with E-state index in [1.165, 1.54) is 16.2 Å². The second-order valence-electron chi connectivity index (χ2n) is 6.45. The van der Waals surface area contributed by atoms with E-state index in [9.17, 15) is 4.79 Å². The molecule has 27 heavy (non-hydrogen) atoms. The van der Waals surface area contributed by atoms with Crippen LogP contribution < -0.4 is 19.3 Å². The number of hydrogen-bond acceptors (Lipinski definition) is 5. The van der Waals surface area contributed by atoms with Crippen LogP contribution in [0.15, 0.2) is 42.5 Å². The molecule has 0 fully saturated rings. The summed E-state index contributed by atoms with van der Waals surface area (Å²) in [4.78, 5) is 21.0. The molecule has 1 aromatic heterocycles. The fraction of sp³-hybridized carbons (Fsp3) is 0.300. The maximum Gasteiger partial charge on any atom is 0.260 e. The van der Waals surface area contributed by atoms with E-state index in [-0.39, 0.29) is 5.91 Å². The molecule has 0 unspecified atom stereocenters.